The largest absolute Gasteiger partial charge is 0.132 e. The van der Waals surface area contributed by atoms with E-state index in [1.807, 2.05) is 0 Å². The Kier molecular flexibility index (Phi) is 3.39. The van der Waals surface area contributed by atoms with Gasteiger partial charge >= 0.3 is 0 Å². The second kappa shape index (κ2) is 4.15. The summed E-state index contributed by atoms with van der Waals surface area (Å²) in [5.41, 5.74) is 3.35. The Morgan fingerprint density at radius 3 is 2.77 bits per heavy atom. The third-order valence-electron chi connectivity index (χ3n) is 3.44. The monoisotopic (exact) mass is 178 g/mol. The summed E-state index contributed by atoms with van der Waals surface area (Å²) < 4.78 is 0. The molecule has 0 saturated heterocycles. The van der Waals surface area contributed by atoms with Crippen LogP contribution < -0.4 is 0 Å². The van der Waals surface area contributed by atoms with E-state index in [0.29, 0.717) is 5.41 Å². The van der Waals surface area contributed by atoms with Crippen molar-refractivity contribution in [1.82, 2.24) is 0 Å². The van der Waals surface area contributed by atoms with Crippen LogP contribution in [0.3, 0.4) is 0 Å². The van der Waals surface area contributed by atoms with E-state index in [4.69, 9.17) is 0 Å². The average Bonchev–Trinajstić information content (AvgIpc) is 2.04. The topological polar surface area (TPSA) is 0 Å². The molecule has 1 saturated carbocycles. The maximum Gasteiger partial charge on any atom is -0.00682 e. The Hall–Kier alpha value is -0.480. The van der Waals surface area contributed by atoms with E-state index in [-0.39, 0.29) is 0 Å². The molecule has 0 radical (unpaired) electrons. The van der Waals surface area contributed by atoms with Crippen LogP contribution in [0.5, 0.6) is 0 Å². The third-order valence-corrected chi connectivity index (χ3v) is 3.44. The molecular formula is C13H22. The average molecular weight is 178 g/mol. The van der Waals surface area contributed by atoms with Gasteiger partial charge in [0.15, 0.2) is 0 Å². The van der Waals surface area contributed by atoms with Gasteiger partial charge in [-0.2, -0.15) is 0 Å². The van der Waals surface area contributed by atoms with Crippen LogP contribution in [-0.2, 0) is 0 Å². The minimum atomic E-state index is 0.384. The lowest BCUT2D eigenvalue weighted by Crippen LogP contribution is -2.26. The molecular weight excluding hydrogens is 156 g/mol. The highest BCUT2D eigenvalue weighted by molar-refractivity contribution is 4.98. The molecule has 1 aliphatic rings. The molecule has 0 heteroatoms. The number of hydrogen-bond donors (Lipinski definition) is 0. The van der Waals surface area contributed by atoms with E-state index in [1.165, 1.54) is 25.7 Å². The lowest BCUT2D eigenvalue weighted by atomic mass is 9.68. The van der Waals surface area contributed by atoms with Gasteiger partial charge < -0.3 is 0 Å². The molecule has 0 aromatic heterocycles. The van der Waals surface area contributed by atoms with Gasteiger partial charge in [-0.05, 0) is 36.2 Å². The zero-order valence-electron chi connectivity index (χ0n) is 9.27. The zero-order chi connectivity index (χ0) is 9.90. The molecule has 74 valence electrons. The lowest BCUT2D eigenvalue weighted by molar-refractivity contribution is 0.172. The minimum Gasteiger partial charge on any atom is -0.132 e. The smallest absolute Gasteiger partial charge is 0.00682 e. The Balaban J connectivity index is 2.65. The summed E-state index contributed by atoms with van der Waals surface area (Å²) in [7, 11) is 0. The van der Waals surface area contributed by atoms with Gasteiger partial charge in [-0.1, -0.05) is 40.2 Å². The Morgan fingerprint density at radius 1 is 1.54 bits per heavy atom. The lowest BCUT2D eigenvalue weighted by Gasteiger charge is -2.37. The van der Waals surface area contributed by atoms with Crippen molar-refractivity contribution < 1.29 is 0 Å². The molecule has 2 unspecified atom stereocenters. The SMILES string of the molecule is C=C=CC1(C)CCCC(C(C)C)C1. The maximum atomic E-state index is 3.69. The Bertz CT molecular complexity index is 208. The zero-order valence-corrected chi connectivity index (χ0v) is 9.27. The number of hydrogen-bond acceptors (Lipinski definition) is 0. The molecule has 1 aliphatic carbocycles. The van der Waals surface area contributed by atoms with Crippen LogP contribution >= 0.6 is 0 Å². The molecule has 0 aromatic rings. The first-order valence-electron chi connectivity index (χ1n) is 5.44. The highest BCUT2D eigenvalue weighted by atomic mass is 14.4. The summed E-state index contributed by atoms with van der Waals surface area (Å²) >= 11 is 0. The van der Waals surface area contributed by atoms with Gasteiger partial charge in [0.2, 0.25) is 0 Å². The maximum absolute atomic E-state index is 3.69. The van der Waals surface area contributed by atoms with E-state index < -0.39 is 0 Å². The van der Waals surface area contributed by atoms with Gasteiger partial charge in [-0.25, -0.2) is 0 Å². The van der Waals surface area contributed by atoms with E-state index >= 15 is 0 Å². The molecule has 0 spiro atoms. The predicted octanol–water partition coefficient (Wildman–Crippen LogP) is 4.18. The van der Waals surface area contributed by atoms with Crippen molar-refractivity contribution in [1.29, 1.82) is 0 Å². The molecule has 0 aromatic carbocycles. The van der Waals surface area contributed by atoms with Gasteiger partial charge in [0.25, 0.3) is 0 Å². The molecule has 0 nitrogen and oxygen atoms in total. The number of allylic oxidation sites excluding steroid dienone is 1. The van der Waals surface area contributed by atoms with Crippen molar-refractivity contribution >= 4 is 0 Å². The summed E-state index contributed by atoms with van der Waals surface area (Å²) in [6.45, 7) is 10.7. The summed E-state index contributed by atoms with van der Waals surface area (Å²) in [6, 6.07) is 0. The fourth-order valence-corrected chi connectivity index (χ4v) is 2.52. The van der Waals surface area contributed by atoms with Gasteiger partial charge in [-0.15, -0.1) is 5.73 Å². The highest BCUT2D eigenvalue weighted by Gasteiger charge is 2.31. The number of rotatable bonds is 2. The first-order chi connectivity index (χ1) is 6.07. The van der Waals surface area contributed by atoms with Gasteiger partial charge in [0.1, 0.15) is 0 Å². The van der Waals surface area contributed by atoms with Crippen LogP contribution in [0.25, 0.3) is 0 Å². The van der Waals surface area contributed by atoms with Crippen LogP contribution in [0.4, 0.5) is 0 Å². The molecule has 2 atom stereocenters. The molecule has 0 N–H and O–H groups in total. The van der Waals surface area contributed by atoms with Crippen molar-refractivity contribution in [3.8, 4) is 0 Å². The predicted molar refractivity (Wildman–Crippen MR) is 58.6 cm³/mol. The summed E-state index contributed by atoms with van der Waals surface area (Å²) in [4.78, 5) is 0. The van der Waals surface area contributed by atoms with E-state index in [0.717, 1.165) is 11.8 Å². The summed E-state index contributed by atoms with van der Waals surface area (Å²) in [5.74, 6) is 1.74. The van der Waals surface area contributed by atoms with E-state index in [2.05, 4.69) is 39.2 Å². The van der Waals surface area contributed by atoms with Crippen molar-refractivity contribution in [2.45, 2.75) is 46.5 Å². The van der Waals surface area contributed by atoms with Gasteiger partial charge in [0, 0.05) is 0 Å². The van der Waals surface area contributed by atoms with Crippen molar-refractivity contribution in [2.75, 3.05) is 0 Å². The van der Waals surface area contributed by atoms with Crippen molar-refractivity contribution in [3.05, 3.63) is 18.4 Å². The molecule has 0 amide bonds. The van der Waals surface area contributed by atoms with Crippen LogP contribution in [0, 0.1) is 17.3 Å². The van der Waals surface area contributed by atoms with Crippen molar-refractivity contribution in [2.24, 2.45) is 17.3 Å². The summed E-state index contributed by atoms with van der Waals surface area (Å²) in [5, 5.41) is 0. The van der Waals surface area contributed by atoms with Crippen LogP contribution in [0.15, 0.2) is 18.4 Å². The fraction of sp³-hybridized carbons (Fsp3) is 0.769. The van der Waals surface area contributed by atoms with Crippen LogP contribution in [0.2, 0.25) is 0 Å². The molecule has 1 rings (SSSR count). The Labute approximate surface area is 82.7 Å². The second-order valence-electron chi connectivity index (χ2n) is 5.10. The van der Waals surface area contributed by atoms with Crippen LogP contribution in [-0.4, -0.2) is 0 Å². The molecule has 0 heterocycles. The first kappa shape index (κ1) is 10.6. The normalized spacial score (nSPS) is 34.3. The molecule has 13 heavy (non-hydrogen) atoms. The Morgan fingerprint density at radius 2 is 2.23 bits per heavy atom. The van der Waals surface area contributed by atoms with Crippen LogP contribution in [0.1, 0.15) is 46.5 Å². The molecule has 1 fully saturated rings. The summed E-state index contributed by atoms with van der Waals surface area (Å²) in [6.07, 6.45) is 7.61. The minimum absolute atomic E-state index is 0.384. The fourth-order valence-electron chi connectivity index (χ4n) is 2.52. The van der Waals surface area contributed by atoms with Gasteiger partial charge in [-0.3, -0.25) is 0 Å². The third kappa shape index (κ3) is 2.74. The quantitative estimate of drug-likeness (QED) is 0.556. The van der Waals surface area contributed by atoms with Gasteiger partial charge in [0.05, 0.1) is 0 Å². The standard InChI is InChI=1S/C13H22/c1-5-8-13(4)9-6-7-12(10-13)11(2)3/h8,11-12H,1,6-7,9-10H2,2-4H3. The molecule has 0 bridgehead atoms. The molecule has 0 aliphatic heterocycles. The van der Waals surface area contributed by atoms with Crippen molar-refractivity contribution in [3.63, 3.8) is 0 Å². The first-order valence-corrected chi connectivity index (χ1v) is 5.44. The van der Waals surface area contributed by atoms with E-state index in [1.54, 1.807) is 0 Å². The second-order valence-corrected chi connectivity index (χ2v) is 5.10. The van der Waals surface area contributed by atoms with E-state index in [9.17, 15) is 0 Å². The highest BCUT2D eigenvalue weighted by Crippen LogP contribution is 2.42.